The molecule has 0 spiro atoms. The minimum Gasteiger partial charge on any atom is -0.453 e. The van der Waals surface area contributed by atoms with Crippen LogP contribution in [-0.4, -0.2) is 92.6 Å². The quantitative estimate of drug-likeness (QED) is 0.135. The highest BCUT2D eigenvalue weighted by Crippen LogP contribution is 2.38. The molecule has 56 heavy (non-hydrogen) atoms. The number of aromatic amines is 2. The molecule has 0 bridgehead atoms. The third kappa shape index (κ3) is 7.87. The Morgan fingerprint density at radius 1 is 0.696 bits per heavy atom. The van der Waals surface area contributed by atoms with Crippen molar-refractivity contribution in [1.29, 1.82) is 0 Å². The van der Waals surface area contributed by atoms with Gasteiger partial charge in [-0.1, -0.05) is 81.6 Å². The summed E-state index contributed by atoms with van der Waals surface area (Å²) in [6.07, 6.45) is 9.76. The number of ether oxygens (including phenoxy) is 2. The second-order valence-electron chi connectivity index (χ2n) is 15.5. The van der Waals surface area contributed by atoms with Gasteiger partial charge in [-0.05, 0) is 66.7 Å². The van der Waals surface area contributed by atoms with Crippen molar-refractivity contribution in [3.63, 3.8) is 0 Å². The maximum atomic E-state index is 14.1. The Morgan fingerprint density at radius 3 is 1.68 bits per heavy atom. The van der Waals surface area contributed by atoms with Crippen LogP contribution in [0.3, 0.4) is 0 Å². The molecule has 3 aliphatic rings. The highest BCUT2D eigenvalue weighted by molar-refractivity contribution is 5.90. The van der Waals surface area contributed by atoms with Crippen molar-refractivity contribution in [2.24, 2.45) is 5.92 Å². The Balaban J connectivity index is 1.01. The van der Waals surface area contributed by atoms with Crippen molar-refractivity contribution in [3.8, 4) is 33.6 Å². The number of hydrogen-bond acceptors (Lipinski definition) is 8. The van der Waals surface area contributed by atoms with Gasteiger partial charge in [-0.3, -0.25) is 9.59 Å². The number of hydrogen-bond donors (Lipinski definition) is 4. The zero-order valence-electron chi connectivity index (χ0n) is 32.6. The van der Waals surface area contributed by atoms with Crippen LogP contribution in [-0.2, 0) is 19.1 Å². The maximum Gasteiger partial charge on any atom is 0.407 e. The van der Waals surface area contributed by atoms with Crippen molar-refractivity contribution in [2.45, 2.75) is 95.3 Å². The Kier molecular flexibility index (Phi) is 11.4. The highest BCUT2D eigenvalue weighted by atomic mass is 16.5. The van der Waals surface area contributed by atoms with E-state index in [2.05, 4.69) is 74.1 Å². The minimum absolute atomic E-state index is 0.0510. The van der Waals surface area contributed by atoms with Crippen LogP contribution < -0.4 is 10.6 Å². The van der Waals surface area contributed by atoms with Gasteiger partial charge in [-0.25, -0.2) is 19.6 Å². The number of rotatable bonds is 10. The van der Waals surface area contributed by atoms with E-state index in [1.54, 1.807) is 6.20 Å². The number of likely N-dealkylation sites (tertiary alicyclic amines) is 2. The Hall–Kier alpha value is -5.66. The first kappa shape index (κ1) is 38.6. The topological polar surface area (TPSA) is 175 Å². The van der Waals surface area contributed by atoms with Gasteiger partial charge in [0.25, 0.3) is 0 Å². The number of nitrogens with one attached hydrogen (secondary N) is 4. The third-order valence-corrected chi connectivity index (χ3v) is 11.6. The lowest BCUT2D eigenvalue weighted by Gasteiger charge is -2.40. The molecule has 4 aromatic rings. The van der Waals surface area contributed by atoms with E-state index in [0.29, 0.717) is 25.9 Å². The molecular weight excluding hydrogens is 713 g/mol. The summed E-state index contributed by atoms with van der Waals surface area (Å²) in [5, 5.41) is 5.60. The van der Waals surface area contributed by atoms with Gasteiger partial charge in [0.15, 0.2) is 0 Å². The van der Waals surface area contributed by atoms with Crippen molar-refractivity contribution < 1.29 is 28.7 Å². The van der Waals surface area contributed by atoms with E-state index in [0.717, 1.165) is 90.2 Å². The Bertz CT molecular complexity index is 2020. The molecular formula is C42H52N8O6. The summed E-state index contributed by atoms with van der Waals surface area (Å²) in [5.41, 5.74) is 4.89. The molecule has 14 heteroatoms. The Morgan fingerprint density at radius 2 is 1.18 bits per heavy atom. The SMILES string of the molecule is COC(=O)N[C@H](C(=O)N1CCCC1c1ncc(-c2ccc(-c3ccc(-c4cnc([C@@H]5CCCN5C(=O)C5(NC(=O)OC)CCCCC5)[nH]4)cc3)cc2)[nH]1)C(C)C. The second kappa shape index (κ2) is 16.6. The molecule has 1 unspecified atom stereocenters. The van der Waals surface area contributed by atoms with Crippen LogP contribution in [0.1, 0.15) is 95.4 Å². The molecule has 7 rings (SSSR count). The molecule has 2 aliphatic heterocycles. The molecule has 14 nitrogen and oxygen atoms in total. The molecule has 1 aliphatic carbocycles. The van der Waals surface area contributed by atoms with Gasteiger partial charge >= 0.3 is 12.2 Å². The van der Waals surface area contributed by atoms with Gasteiger partial charge < -0.3 is 39.9 Å². The van der Waals surface area contributed by atoms with E-state index in [4.69, 9.17) is 14.5 Å². The van der Waals surface area contributed by atoms with E-state index in [1.807, 2.05) is 29.8 Å². The van der Waals surface area contributed by atoms with Gasteiger partial charge in [0.2, 0.25) is 11.8 Å². The number of H-pyrrole nitrogens is 2. The predicted octanol–water partition coefficient (Wildman–Crippen LogP) is 6.90. The lowest BCUT2D eigenvalue weighted by atomic mass is 9.80. The number of methoxy groups -OCH3 is 2. The first-order chi connectivity index (χ1) is 27.1. The van der Waals surface area contributed by atoms with Crippen LogP contribution in [0.25, 0.3) is 33.6 Å². The van der Waals surface area contributed by atoms with Crippen LogP contribution in [0, 0.1) is 5.92 Å². The van der Waals surface area contributed by atoms with Gasteiger partial charge in [0.05, 0.1) is 50.1 Å². The van der Waals surface area contributed by atoms with Gasteiger partial charge in [-0.2, -0.15) is 0 Å². The molecule has 4 N–H and O–H groups in total. The average Bonchev–Trinajstić information content (AvgIpc) is 4.07. The molecule has 2 aromatic carbocycles. The lowest BCUT2D eigenvalue weighted by molar-refractivity contribution is -0.141. The summed E-state index contributed by atoms with van der Waals surface area (Å²) < 4.78 is 9.65. The average molecular weight is 765 g/mol. The number of benzene rings is 2. The fourth-order valence-electron chi connectivity index (χ4n) is 8.55. The first-order valence-corrected chi connectivity index (χ1v) is 19.7. The molecule has 0 radical (unpaired) electrons. The number of nitrogens with zero attached hydrogens (tertiary/aromatic N) is 4. The number of alkyl carbamates (subject to hydrolysis) is 2. The maximum absolute atomic E-state index is 14.1. The lowest BCUT2D eigenvalue weighted by Crippen LogP contribution is -2.60. The van der Waals surface area contributed by atoms with Crippen LogP contribution in [0.2, 0.25) is 0 Å². The van der Waals surface area contributed by atoms with E-state index in [-0.39, 0.29) is 29.8 Å². The molecule has 2 aromatic heterocycles. The highest BCUT2D eigenvalue weighted by Gasteiger charge is 2.47. The van der Waals surface area contributed by atoms with E-state index in [9.17, 15) is 19.2 Å². The van der Waals surface area contributed by atoms with E-state index < -0.39 is 23.8 Å². The zero-order valence-corrected chi connectivity index (χ0v) is 32.6. The largest absolute Gasteiger partial charge is 0.453 e. The summed E-state index contributed by atoms with van der Waals surface area (Å²) >= 11 is 0. The van der Waals surface area contributed by atoms with Crippen LogP contribution in [0.5, 0.6) is 0 Å². The van der Waals surface area contributed by atoms with Crippen molar-refractivity contribution in [1.82, 2.24) is 40.4 Å². The fraction of sp³-hybridized carbons (Fsp3) is 0.476. The van der Waals surface area contributed by atoms with Crippen molar-refractivity contribution in [2.75, 3.05) is 27.3 Å². The predicted molar refractivity (Wildman–Crippen MR) is 210 cm³/mol. The van der Waals surface area contributed by atoms with E-state index >= 15 is 0 Å². The summed E-state index contributed by atoms with van der Waals surface area (Å²) in [6.45, 7) is 5.02. The molecule has 4 amide bonds. The van der Waals surface area contributed by atoms with Gasteiger partial charge in [0.1, 0.15) is 23.2 Å². The summed E-state index contributed by atoms with van der Waals surface area (Å²) in [6, 6.07) is 15.5. The van der Waals surface area contributed by atoms with Crippen LogP contribution in [0.4, 0.5) is 9.59 Å². The number of imidazole rings is 2. The molecule has 3 fully saturated rings. The van der Waals surface area contributed by atoms with Crippen LogP contribution in [0.15, 0.2) is 60.9 Å². The number of amides is 4. The van der Waals surface area contributed by atoms with Crippen LogP contribution >= 0.6 is 0 Å². The molecule has 2 saturated heterocycles. The summed E-state index contributed by atoms with van der Waals surface area (Å²) in [5.74, 6) is 1.18. The van der Waals surface area contributed by atoms with Crippen molar-refractivity contribution in [3.05, 3.63) is 72.6 Å². The standard InChI is InChI=1S/C42H52N8O6/c1-26(2)35(47-40(53)55-3)38(51)49-22-8-10-33(49)36-43-24-31(45-36)29-16-12-27(13-17-29)28-14-18-30(19-15-28)32-25-44-37(46-32)34-11-9-23-50(34)39(52)42(48-41(54)56-4)20-6-5-7-21-42/h12-19,24-26,33-35H,5-11,20-23H2,1-4H3,(H,43,45)(H,44,46)(H,47,53)(H,48,54)/t33?,34-,35-/m0/s1. The Labute approximate surface area is 327 Å². The van der Waals surface area contributed by atoms with E-state index in [1.165, 1.54) is 14.2 Å². The molecule has 3 atom stereocenters. The van der Waals surface area contributed by atoms with Gasteiger partial charge in [-0.15, -0.1) is 0 Å². The minimum atomic E-state index is -0.943. The number of carbonyl (C=O) groups is 4. The molecule has 4 heterocycles. The molecule has 1 saturated carbocycles. The smallest absolute Gasteiger partial charge is 0.407 e. The first-order valence-electron chi connectivity index (χ1n) is 19.7. The van der Waals surface area contributed by atoms with Crippen molar-refractivity contribution >= 4 is 24.0 Å². The third-order valence-electron chi connectivity index (χ3n) is 11.6. The second-order valence-corrected chi connectivity index (χ2v) is 15.5. The normalized spacial score (nSPS) is 19.8. The zero-order chi connectivity index (χ0) is 39.4. The van der Waals surface area contributed by atoms with Gasteiger partial charge in [0, 0.05) is 13.1 Å². The fourth-order valence-corrected chi connectivity index (χ4v) is 8.55. The monoisotopic (exact) mass is 764 g/mol. The summed E-state index contributed by atoms with van der Waals surface area (Å²) in [4.78, 5) is 71.9. The number of carbonyl (C=O) groups excluding carboxylic acids is 4. The summed E-state index contributed by atoms with van der Waals surface area (Å²) in [7, 11) is 2.62. The molecule has 296 valence electrons. The number of aromatic nitrogens is 4.